The summed E-state index contributed by atoms with van der Waals surface area (Å²) in [5.74, 6) is -1.05. The van der Waals surface area contributed by atoms with E-state index in [2.05, 4.69) is 5.32 Å². The third kappa shape index (κ3) is 3.38. The summed E-state index contributed by atoms with van der Waals surface area (Å²) >= 11 is 0. The molecule has 2 amide bonds. The van der Waals surface area contributed by atoms with Crippen molar-refractivity contribution < 1.29 is 28.7 Å². The van der Waals surface area contributed by atoms with Gasteiger partial charge in [-0.15, -0.1) is 0 Å². The molecule has 0 aromatic heterocycles. The van der Waals surface area contributed by atoms with Gasteiger partial charge in [-0.05, 0) is 29.7 Å². The van der Waals surface area contributed by atoms with E-state index in [9.17, 15) is 19.2 Å². The predicted molar refractivity (Wildman–Crippen MR) is 119 cm³/mol. The largest absolute Gasteiger partial charge is 0.493 e. The van der Waals surface area contributed by atoms with Crippen molar-refractivity contribution in [2.45, 2.75) is 31.3 Å². The summed E-state index contributed by atoms with van der Waals surface area (Å²) in [6.45, 7) is 2.04. The van der Waals surface area contributed by atoms with E-state index in [-0.39, 0.29) is 18.5 Å². The predicted octanol–water partition coefficient (Wildman–Crippen LogP) is 2.22. The molecule has 2 unspecified atom stereocenters. The van der Waals surface area contributed by atoms with Gasteiger partial charge >= 0.3 is 0 Å². The highest BCUT2D eigenvalue weighted by atomic mass is 16.5. The molecule has 2 aliphatic rings. The van der Waals surface area contributed by atoms with Gasteiger partial charge in [-0.2, -0.15) is 0 Å². The number of ketones is 1. The van der Waals surface area contributed by atoms with Gasteiger partial charge in [0, 0.05) is 12.1 Å². The van der Waals surface area contributed by atoms with Crippen molar-refractivity contribution >= 4 is 23.9 Å². The first kappa shape index (κ1) is 22.3. The van der Waals surface area contributed by atoms with Crippen molar-refractivity contribution in [2.75, 3.05) is 14.2 Å². The fraction of sp³-hybridized carbons (Fsp3) is 0.280. The fourth-order valence-corrected chi connectivity index (χ4v) is 4.72. The lowest BCUT2D eigenvalue weighted by molar-refractivity contribution is -0.135. The van der Waals surface area contributed by atoms with E-state index in [1.807, 2.05) is 37.3 Å². The van der Waals surface area contributed by atoms with Crippen molar-refractivity contribution in [3.05, 3.63) is 70.9 Å². The molecule has 4 rings (SSSR count). The van der Waals surface area contributed by atoms with Crippen LogP contribution < -0.4 is 14.8 Å². The van der Waals surface area contributed by atoms with Crippen molar-refractivity contribution in [3.8, 4) is 11.5 Å². The molecule has 33 heavy (non-hydrogen) atoms. The van der Waals surface area contributed by atoms with Gasteiger partial charge < -0.3 is 14.4 Å². The number of hydrogen-bond acceptors (Lipinski definition) is 7. The smallest absolute Gasteiger partial charge is 0.273 e. The molecular weight excluding hydrogens is 424 g/mol. The highest BCUT2D eigenvalue weighted by Crippen LogP contribution is 2.47. The molecule has 0 fully saturated rings. The quantitative estimate of drug-likeness (QED) is 0.394. The monoisotopic (exact) mass is 448 g/mol. The van der Waals surface area contributed by atoms with Crippen LogP contribution in [0.25, 0.3) is 0 Å². The summed E-state index contributed by atoms with van der Waals surface area (Å²) < 4.78 is 10.9. The third-order valence-electron chi connectivity index (χ3n) is 6.39. The van der Waals surface area contributed by atoms with E-state index in [4.69, 9.17) is 9.47 Å². The van der Waals surface area contributed by atoms with Crippen LogP contribution in [0.15, 0.2) is 54.2 Å². The Hall–Kier alpha value is -3.94. The average Bonchev–Trinajstić information content (AvgIpc) is 3.23. The maximum Gasteiger partial charge on any atom is 0.273 e. The van der Waals surface area contributed by atoms with Crippen molar-refractivity contribution in [2.24, 2.45) is 0 Å². The second kappa shape index (κ2) is 8.54. The third-order valence-corrected chi connectivity index (χ3v) is 6.39. The van der Waals surface area contributed by atoms with Crippen molar-refractivity contribution in [1.82, 2.24) is 10.2 Å². The molecule has 1 N–H and O–H groups in total. The summed E-state index contributed by atoms with van der Waals surface area (Å²) in [4.78, 5) is 52.0. The lowest BCUT2D eigenvalue weighted by atomic mass is 9.74. The highest BCUT2D eigenvalue weighted by Gasteiger charge is 2.47. The molecule has 2 aromatic carbocycles. The topological polar surface area (TPSA) is 102 Å². The van der Waals surface area contributed by atoms with Crippen LogP contribution in [0.5, 0.6) is 11.5 Å². The SMILES string of the molecule is CCC1(c2ccccc2)C=C(N2Cc3ccc(OC)c(OC)c3C2C(=O)C=O)C(=O)NC1=O. The summed E-state index contributed by atoms with van der Waals surface area (Å²) in [5.41, 5.74) is 0.971. The van der Waals surface area contributed by atoms with Crippen LogP contribution >= 0.6 is 0 Å². The van der Waals surface area contributed by atoms with E-state index < -0.39 is 29.1 Å². The number of ether oxygens (including phenoxy) is 2. The molecule has 0 aliphatic carbocycles. The first-order valence-electron chi connectivity index (χ1n) is 10.5. The van der Waals surface area contributed by atoms with Gasteiger partial charge in [0.15, 0.2) is 17.8 Å². The molecule has 8 heteroatoms. The van der Waals surface area contributed by atoms with E-state index in [1.54, 1.807) is 23.1 Å². The van der Waals surface area contributed by atoms with Crippen LogP contribution in [-0.2, 0) is 31.1 Å². The first-order chi connectivity index (χ1) is 15.9. The van der Waals surface area contributed by atoms with Crippen LogP contribution in [0, 0.1) is 0 Å². The number of carbonyl (C=O) groups is 4. The number of imide groups is 1. The van der Waals surface area contributed by atoms with Crippen molar-refractivity contribution in [1.29, 1.82) is 0 Å². The highest BCUT2D eigenvalue weighted by molar-refractivity contribution is 6.28. The molecule has 0 bridgehead atoms. The average molecular weight is 448 g/mol. The maximum absolute atomic E-state index is 13.0. The minimum atomic E-state index is -1.10. The number of benzene rings is 2. The molecular formula is C25H24N2O6. The molecule has 0 spiro atoms. The second-order valence-corrected chi connectivity index (χ2v) is 7.93. The number of amides is 2. The van der Waals surface area contributed by atoms with Gasteiger partial charge in [0.1, 0.15) is 11.7 Å². The van der Waals surface area contributed by atoms with Crippen molar-refractivity contribution in [3.63, 3.8) is 0 Å². The normalized spacial score (nSPS) is 21.7. The number of methoxy groups -OCH3 is 2. The number of rotatable bonds is 7. The van der Waals surface area contributed by atoms with Gasteiger partial charge in [-0.3, -0.25) is 24.5 Å². The van der Waals surface area contributed by atoms with Crippen LogP contribution in [0.4, 0.5) is 0 Å². The summed E-state index contributed by atoms with van der Waals surface area (Å²) in [7, 11) is 2.93. The zero-order valence-electron chi connectivity index (χ0n) is 18.6. The molecule has 0 radical (unpaired) electrons. The van der Waals surface area contributed by atoms with E-state index in [0.29, 0.717) is 23.5 Å². The van der Waals surface area contributed by atoms with E-state index >= 15 is 0 Å². The Kier molecular flexibility index (Phi) is 5.76. The Balaban J connectivity index is 1.91. The van der Waals surface area contributed by atoms with Crippen LogP contribution in [0.3, 0.4) is 0 Å². The Bertz CT molecular complexity index is 1170. The molecule has 170 valence electrons. The number of nitrogens with zero attached hydrogens (tertiary/aromatic N) is 1. The number of hydrogen-bond donors (Lipinski definition) is 1. The van der Waals surface area contributed by atoms with Gasteiger partial charge in [-0.1, -0.05) is 43.3 Å². The zero-order chi connectivity index (χ0) is 23.8. The number of carbonyl (C=O) groups excluding carboxylic acids is 4. The Morgan fingerprint density at radius 3 is 2.48 bits per heavy atom. The molecule has 0 saturated heterocycles. The minimum Gasteiger partial charge on any atom is -0.493 e. The summed E-state index contributed by atoms with van der Waals surface area (Å²) in [5, 5.41) is 2.46. The lowest BCUT2D eigenvalue weighted by Gasteiger charge is -2.37. The Morgan fingerprint density at radius 2 is 1.88 bits per heavy atom. The van der Waals surface area contributed by atoms with Crippen LogP contribution in [0.1, 0.15) is 36.1 Å². The standard InChI is InChI=1S/C25H24N2O6/c1-4-25(16-8-6-5-7-9-16)12-17(23(30)26-24(25)31)27-13-15-10-11-19(32-2)22(33-3)20(15)21(27)18(29)14-28/h5-12,14,21H,4,13H2,1-3H3,(H,26,30,31). The molecule has 2 atom stereocenters. The second-order valence-electron chi connectivity index (χ2n) is 7.93. The first-order valence-corrected chi connectivity index (χ1v) is 10.5. The summed E-state index contributed by atoms with van der Waals surface area (Å²) in [6, 6.07) is 11.6. The van der Waals surface area contributed by atoms with Gasteiger partial charge in [0.25, 0.3) is 5.91 Å². The zero-order valence-corrected chi connectivity index (χ0v) is 18.6. The summed E-state index contributed by atoms with van der Waals surface area (Å²) in [6.07, 6.45) is 2.25. The lowest BCUT2D eigenvalue weighted by Crippen LogP contribution is -2.52. The number of fused-ring (bicyclic) bond motifs is 1. The van der Waals surface area contributed by atoms with Gasteiger partial charge in [0.05, 0.1) is 19.6 Å². The van der Waals surface area contributed by atoms with E-state index in [1.165, 1.54) is 14.2 Å². The maximum atomic E-state index is 13.0. The van der Waals surface area contributed by atoms with Gasteiger partial charge in [-0.25, -0.2) is 0 Å². The fourth-order valence-electron chi connectivity index (χ4n) is 4.72. The molecule has 2 aromatic rings. The number of nitrogens with one attached hydrogen (secondary N) is 1. The number of aldehydes is 1. The molecule has 8 nitrogen and oxygen atoms in total. The van der Waals surface area contributed by atoms with E-state index in [0.717, 1.165) is 11.1 Å². The molecule has 0 saturated carbocycles. The van der Waals surface area contributed by atoms with Crippen LogP contribution in [-0.4, -0.2) is 43.0 Å². The van der Waals surface area contributed by atoms with Crippen LogP contribution in [0.2, 0.25) is 0 Å². The molecule has 2 aliphatic heterocycles. The Morgan fingerprint density at radius 1 is 1.15 bits per heavy atom. The number of Topliss-reactive ketones (excluding diaryl/α,β-unsaturated/α-hetero) is 1. The minimum absolute atomic E-state index is 0.151. The molecule has 2 heterocycles. The Labute approximate surface area is 191 Å². The van der Waals surface area contributed by atoms with Gasteiger partial charge in [0.2, 0.25) is 11.7 Å².